The first-order valence-corrected chi connectivity index (χ1v) is 10.3. The first kappa shape index (κ1) is 20.8. The van der Waals surface area contributed by atoms with E-state index in [4.69, 9.17) is 5.11 Å². The van der Waals surface area contributed by atoms with Crippen molar-refractivity contribution < 1.29 is 14.7 Å². The van der Waals surface area contributed by atoms with Gasteiger partial charge in [-0.25, -0.2) is 4.79 Å². The summed E-state index contributed by atoms with van der Waals surface area (Å²) in [5.41, 5.74) is 2.34. The maximum absolute atomic E-state index is 12.8. The molecule has 2 amide bonds. The standard InChI is InChI=1S/C23H29N3O3/c27-22(28)9-8-21(16-18-5-2-1-3-6-18)25-23(29)26-13-10-19(11-14-26)15-20-7-4-12-24-17-20/h1-7,12,17,19,21H,8-11,13-16H2,(H,25,29)(H,27,28). The van der Waals surface area contributed by atoms with E-state index in [0.717, 1.165) is 37.9 Å². The lowest BCUT2D eigenvalue weighted by Gasteiger charge is -2.33. The van der Waals surface area contributed by atoms with Crippen molar-refractivity contribution in [2.75, 3.05) is 13.1 Å². The van der Waals surface area contributed by atoms with Gasteiger partial charge < -0.3 is 15.3 Å². The monoisotopic (exact) mass is 395 g/mol. The summed E-state index contributed by atoms with van der Waals surface area (Å²) in [6, 6.07) is 13.7. The lowest BCUT2D eigenvalue weighted by atomic mass is 9.91. The van der Waals surface area contributed by atoms with Gasteiger partial charge in [0, 0.05) is 37.9 Å². The fourth-order valence-electron chi connectivity index (χ4n) is 3.88. The van der Waals surface area contributed by atoms with E-state index in [2.05, 4.69) is 16.4 Å². The van der Waals surface area contributed by atoms with Gasteiger partial charge in [-0.2, -0.15) is 0 Å². The largest absolute Gasteiger partial charge is 0.481 e. The molecule has 0 bridgehead atoms. The van der Waals surface area contributed by atoms with E-state index in [1.807, 2.05) is 47.5 Å². The van der Waals surface area contributed by atoms with Gasteiger partial charge in [-0.05, 0) is 55.2 Å². The van der Waals surface area contributed by atoms with E-state index in [0.29, 0.717) is 18.8 Å². The number of hydrogen-bond donors (Lipinski definition) is 2. The van der Waals surface area contributed by atoms with Crippen molar-refractivity contribution in [1.29, 1.82) is 0 Å². The van der Waals surface area contributed by atoms with Crippen LogP contribution in [0.3, 0.4) is 0 Å². The number of benzene rings is 1. The number of piperidine rings is 1. The average Bonchev–Trinajstić information content (AvgIpc) is 2.74. The predicted octanol–water partition coefficient (Wildman–Crippen LogP) is 3.52. The van der Waals surface area contributed by atoms with Crippen molar-refractivity contribution in [3.05, 3.63) is 66.0 Å². The first-order valence-electron chi connectivity index (χ1n) is 10.3. The highest BCUT2D eigenvalue weighted by atomic mass is 16.4. The van der Waals surface area contributed by atoms with Crippen LogP contribution >= 0.6 is 0 Å². The number of carboxylic acid groups (broad SMARTS) is 1. The molecule has 0 aliphatic carbocycles. The van der Waals surface area contributed by atoms with Gasteiger partial charge in [-0.3, -0.25) is 9.78 Å². The molecule has 6 heteroatoms. The Morgan fingerprint density at radius 2 is 1.83 bits per heavy atom. The van der Waals surface area contributed by atoms with Crippen molar-refractivity contribution in [3.63, 3.8) is 0 Å². The van der Waals surface area contributed by atoms with E-state index in [1.54, 1.807) is 6.20 Å². The SMILES string of the molecule is O=C(O)CCC(Cc1ccccc1)NC(=O)N1CCC(Cc2cccnc2)CC1. The van der Waals surface area contributed by atoms with E-state index >= 15 is 0 Å². The summed E-state index contributed by atoms with van der Waals surface area (Å²) in [5, 5.41) is 12.1. The predicted molar refractivity (Wildman–Crippen MR) is 112 cm³/mol. The lowest BCUT2D eigenvalue weighted by molar-refractivity contribution is -0.137. The number of pyridine rings is 1. The Balaban J connectivity index is 1.50. The van der Waals surface area contributed by atoms with Gasteiger partial charge in [0.25, 0.3) is 0 Å². The third kappa shape index (κ3) is 6.89. The Labute approximate surface area is 172 Å². The molecule has 2 aromatic rings. The minimum Gasteiger partial charge on any atom is -0.481 e. The van der Waals surface area contributed by atoms with Gasteiger partial charge in [-0.1, -0.05) is 36.4 Å². The molecule has 1 aromatic carbocycles. The fraction of sp³-hybridized carbons (Fsp3) is 0.435. The molecule has 1 fully saturated rings. The van der Waals surface area contributed by atoms with Crippen LogP contribution in [0.5, 0.6) is 0 Å². The first-order chi connectivity index (χ1) is 14.1. The van der Waals surface area contributed by atoms with Crippen LogP contribution in [0.2, 0.25) is 0 Å². The van der Waals surface area contributed by atoms with Gasteiger partial charge in [0.1, 0.15) is 0 Å². The summed E-state index contributed by atoms with van der Waals surface area (Å²) < 4.78 is 0. The highest BCUT2D eigenvalue weighted by Crippen LogP contribution is 2.21. The summed E-state index contributed by atoms with van der Waals surface area (Å²) >= 11 is 0. The molecule has 154 valence electrons. The van der Waals surface area contributed by atoms with Gasteiger partial charge in [0.2, 0.25) is 0 Å². The highest BCUT2D eigenvalue weighted by molar-refractivity contribution is 5.75. The van der Waals surface area contributed by atoms with Crippen LogP contribution in [-0.4, -0.2) is 46.1 Å². The van der Waals surface area contributed by atoms with Crippen LogP contribution in [0.25, 0.3) is 0 Å². The number of likely N-dealkylation sites (tertiary alicyclic amines) is 1. The Kier molecular flexibility index (Phi) is 7.61. The zero-order valence-electron chi connectivity index (χ0n) is 16.7. The Hall–Kier alpha value is -2.89. The third-order valence-corrected chi connectivity index (χ3v) is 5.51. The molecule has 0 radical (unpaired) electrons. The molecule has 1 unspecified atom stereocenters. The molecule has 6 nitrogen and oxygen atoms in total. The zero-order chi connectivity index (χ0) is 20.5. The number of hydrogen-bond acceptors (Lipinski definition) is 3. The maximum atomic E-state index is 12.8. The summed E-state index contributed by atoms with van der Waals surface area (Å²) in [5.74, 6) is -0.274. The van der Waals surface area contributed by atoms with Crippen molar-refractivity contribution in [3.8, 4) is 0 Å². The van der Waals surface area contributed by atoms with Gasteiger partial charge >= 0.3 is 12.0 Å². The minimum absolute atomic E-state index is 0.0466. The molecule has 1 saturated heterocycles. The van der Waals surface area contributed by atoms with Crippen LogP contribution in [0.1, 0.15) is 36.8 Å². The zero-order valence-corrected chi connectivity index (χ0v) is 16.7. The molecule has 1 atom stereocenters. The molecule has 1 aliphatic rings. The van der Waals surface area contributed by atoms with Crippen LogP contribution < -0.4 is 5.32 Å². The topological polar surface area (TPSA) is 82.5 Å². The van der Waals surface area contributed by atoms with Crippen LogP contribution in [-0.2, 0) is 17.6 Å². The summed E-state index contributed by atoms with van der Waals surface area (Å²) in [4.78, 5) is 29.8. The Morgan fingerprint density at radius 1 is 1.10 bits per heavy atom. The normalized spacial score (nSPS) is 15.7. The second kappa shape index (κ2) is 10.6. The Morgan fingerprint density at radius 3 is 2.48 bits per heavy atom. The van der Waals surface area contributed by atoms with Gasteiger partial charge in [0.15, 0.2) is 0 Å². The molecule has 2 heterocycles. The molecule has 1 aromatic heterocycles. The molecular formula is C23H29N3O3. The number of urea groups is 1. The number of carbonyl (C=O) groups is 2. The molecule has 1 aliphatic heterocycles. The number of aliphatic carboxylic acids is 1. The van der Waals surface area contributed by atoms with E-state index < -0.39 is 5.97 Å². The van der Waals surface area contributed by atoms with Crippen LogP contribution in [0, 0.1) is 5.92 Å². The second-order valence-corrected chi connectivity index (χ2v) is 7.76. The number of amides is 2. The maximum Gasteiger partial charge on any atom is 0.317 e. The molecule has 29 heavy (non-hydrogen) atoms. The Bertz CT molecular complexity index is 774. The van der Waals surface area contributed by atoms with Crippen molar-refractivity contribution in [2.45, 2.75) is 44.6 Å². The quantitative estimate of drug-likeness (QED) is 0.716. The smallest absolute Gasteiger partial charge is 0.317 e. The second-order valence-electron chi connectivity index (χ2n) is 7.76. The average molecular weight is 396 g/mol. The molecule has 0 spiro atoms. The molecular weight excluding hydrogens is 366 g/mol. The number of nitrogens with zero attached hydrogens (tertiary/aromatic N) is 2. The van der Waals surface area contributed by atoms with Crippen LogP contribution in [0.15, 0.2) is 54.9 Å². The summed E-state index contributed by atoms with van der Waals surface area (Å²) in [7, 11) is 0. The highest BCUT2D eigenvalue weighted by Gasteiger charge is 2.25. The molecule has 0 saturated carbocycles. The lowest BCUT2D eigenvalue weighted by Crippen LogP contribution is -2.48. The van der Waals surface area contributed by atoms with Crippen molar-refractivity contribution >= 4 is 12.0 Å². The van der Waals surface area contributed by atoms with Gasteiger partial charge in [0.05, 0.1) is 0 Å². The number of rotatable bonds is 8. The van der Waals surface area contributed by atoms with Gasteiger partial charge in [-0.15, -0.1) is 0 Å². The molecule has 3 rings (SSSR count). The summed E-state index contributed by atoms with van der Waals surface area (Å²) in [6.07, 6.45) is 7.75. The third-order valence-electron chi connectivity index (χ3n) is 5.51. The number of carbonyl (C=O) groups excluding carboxylic acids is 1. The number of nitrogens with one attached hydrogen (secondary N) is 1. The van der Waals surface area contributed by atoms with E-state index in [1.165, 1.54) is 5.56 Å². The summed E-state index contributed by atoms with van der Waals surface area (Å²) in [6.45, 7) is 1.46. The van der Waals surface area contributed by atoms with Crippen molar-refractivity contribution in [2.24, 2.45) is 5.92 Å². The molecule has 2 N–H and O–H groups in total. The fourth-order valence-corrected chi connectivity index (χ4v) is 3.88. The number of carboxylic acids is 1. The van der Waals surface area contributed by atoms with E-state index in [-0.39, 0.29) is 18.5 Å². The minimum atomic E-state index is -0.839. The van der Waals surface area contributed by atoms with Crippen LogP contribution in [0.4, 0.5) is 4.79 Å². The van der Waals surface area contributed by atoms with E-state index in [9.17, 15) is 9.59 Å². The number of aromatic nitrogens is 1. The van der Waals surface area contributed by atoms with Crippen molar-refractivity contribution in [1.82, 2.24) is 15.2 Å².